The lowest BCUT2D eigenvalue weighted by molar-refractivity contribution is 0.526. The van der Waals surface area contributed by atoms with Crippen molar-refractivity contribution in [3.05, 3.63) is 24.0 Å². The van der Waals surface area contributed by atoms with Crippen LogP contribution >= 0.6 is 0 Å². The highest BCUT2D eigenvalue weighted by atomic mass is 19.1. The van der Waals surface area contributed by atoms with Gasteiger partial charge in [0.25, 0.3) is 0 Å². The second kappa shape index (κ2) is 4.95. The third-order valence-corrected chi connectivity index (χ3v) is 3.47. The Morgan fingerprint density at radius 1 is 1.37 bits per heavy atom. The molecule has 6 heteroatoms. The Hall–Kier alpha value is -1.98. The number of nitrogen functional groups attached to an aromatic ring is 1. The molecule has 0 bridgehead atoms. The van der Waals surface area contributed by atoms with E-state index in [1.807, 2.05) is 0 Å². The van der Waals surface area contributed by atoms with Crippen molar-refractivity contribution in [2.45, 2.75) is 32.2 Å². The summed E-state index contributed by atoms with van der Waals surface area (Å²) in [6.45, 7) is 0.745. The SMILES string of the molecule is Nc1ccc(F)cc1-c1nnnn1CCCC1CC1. The quantitative estimate of drug-likeness (QED) is 0.838. The lowest BCUT2D eigenvalue weighted by atomic mass is 10.1. The zero-order valence-corrected chi connectivity index (χ0v) is 10.6. The minimum absolute atomic E-state index is 0.336. The molecule has 3 rings (SSSR count). The summed E-state index contributed by atoms with van der Waals surface area (Å²) < 4.78 is 15.0. The molecule has 0 amide bonds. The highest BCUT2D eigenvalue weighted by Gasteiger charge is 2.21. The first kappa shape index (κ1) is 12.1. The molecule has 1 saturated carbocycles. The van der Waals surface area contributed by atoms with Crippen molar-refractivity contribution in [2.24, 2.45) is 5.92 Å². The molecular weight excluding hydrogens is 245 g/mol. The molecule has 5 nitrogen and oxygen atoms in total. The fourth-order valence-corrected chi connectivity index (χ4v) is 2.21. The highest BCUT2D eigenvalue weighted by molar-refractivity contribution is 5.71. The number of nitrogens with zero attached hydrogens (tertiary/aromatic N) is 4. The Balaban J connectivity index is 1.79. The van der Waals surface area contributed by atoms with Gasteiger partial charge >= 0.3 is 0 Å². The summed E-state index contributed by atoms with van der Waals surface area (Å²) in [5.74, 6) is 1.09. The average molecular weight is 261 g/mol. The first-order chi connectivity index (χ1) is 9.24. The largest absolute Gasteiger partial charge is 0.398 e. The monoisotopic (exact) mass is 261 g/mol. The van der Waals surface area contributed by atoms with Gasteiger partial charge in [0.1, 0.15) is 5.82 Å². The second-order valence-electron chi connectivity index (χ2n) is 5.04. The molecule has 0 saturated heterocycles. The van der Waals surface area contributed by atoms with Crippen molar-refractivity contribution in [3.63, 3.8) is 0 Å². The van der Waals surface area contributed by atoms with Crippen LogP contribution < -0.4 is 5.73 Å². The van der Waals surface area contributed by atoms with Gasteiger partial charge in [-0.15, -0.1) is 5.10 Å². The number of anilines is 1. The van der Waals surface area contributed by atoms with Crippen LogP contribution in [-0.2, 0) is 6.54 Å². The van der Waals surface area contributed by atoms with Gasteiger partial charge in [-0.3, -0.25) is 0 Å². The summed E-state index contributed by atoms with van der Waals surface area (Å²) >= 11 is 0. The minimum atomic E-state index is -0.336. The number of halogens is 1. The van der Waals surface area contributed by atoms with Crippen LogP contribution in [0.15, 0.2) is 18.2 Å². The number of hydrogen-bond acceptors (Lipinski definition) is 4. The highest BCUT2D eigenvalue weighted by Crippen LogP contribution is 2.33. The van der Waals surface area contributed by atoms with Gasteiger partial charge in [-0.2, -0.15) is 0 Å². The molecule has 1 heterocycles. The van der Waals surface area contributed by atoms with Crippen molar-refractivity contribution in [2.75, 3.05) is 5.73 Å². The van der Waals surface area contributed by atoms with Crippen LogP contribution in [0.25, 0.3) is 11.4 Å². The molecule has 100 valence electrons. The van der Waals surface area contributed by atoms with Gasteiger partial charge in [-0.05, 0) is 47.4 Å². The number of aromatic nitrogens is 4. The van der Waals surface area contributed by atoms with Gasteiger partial charge in [-0.1, -0.05) is 12.8 Å². The summed E-state index contributed by atoms with van der Waals surface area (Å²) in [7, 11) is 0. The smallest absolute Gasteiger partial charge is 0.184 e. The van der Waals surface area contributed by atoms with Gasteiger partial charge in [0.05, 0.1) is 0 Å². The van der Waals surface area contributed by atoms with E-state index in [0.29, 0.717) is 17.1 Å². The van der Waals surface area contributed by atoms with E-state index in [2.05, 4.69) is 15.5 Å². The van der Waals surface area contributed by atoms with Gasteiger partial charge in [0.15, 0.2) is 5.82 Å². The lowest BCUT2D eigenvalue weighted by Crippen LogP contribution is -2.05. The number of benzene rings is 1. The number of hydrogen-bond donors (Lipinski definition) is 1. The molecule has 1 aliphatic rings. The molecule has 1 aromatic carbocycles. The standard InChI is InChI=1S/C13H16FN5/c14-10-5-6-12(15)11(8-10)13-16-17-18-19(13)7-1-2-9-3-4-9/h5-6,8-9H,1-4,7,15H2. The summed E-state index contributed by atoms with van der Waals surface area (Å²) in [4.78, 5) is 0. The van der Waals surface area contributed by atoms with E-state index in [1.54, 1.807) is 4.68 Å². The maximum absolute atomic E-state index is 13.3. The Labute approximate surface area is 110 Å². The maximum atomic E-state index is 13.3. The van der Waals surface area contributed by atoms with E-state index >= 15 is 0 Å². The molecule has 1 fully saturated rings. The molecular formula is C13H16FN5. The average Bonchev–Trinajstić information content (AvgIpc) is 3.10. The molecule has 2 N–H and O–H groups in total. The fourth-order valence-electron chi connectivity index (χ4n) is 2.21. The molecule has 1 aliphatic carbocycles. The lowest BCUT2D eigenvalue weighted by Gasteiger charge is -2.06. The first-order valence-electron chi connectivity index (χ1n) is 6.55. The summed E-state index contributed by atoms with van der Waals surface area (Å²) in [5, 5.41) is 11.6. The maximum Gasteiger partial charge on any atom is 0.184 e. The Morgan fingerprint density at radius 2 is 2.21 bits per heavy atom. The molecule has 1 aromatic heterocycles. The summed E-state index contributed by atoms with van der Waals surface area (Å²) in [6.07, 6.45) is 4.94. The summed E-state index contributed by atoms with van der Waals surface area (Å²) in [5.41, 5.74) is 6.90. The van der Waals surface area contributed by atoms with Crippen LogP contribution in [0.1, 0.15) is 25.7 Å². The van der Waals surface area contributed by atoms with Crippen molar-refractivity contribution in [1.29, 1.82) is 0 Å². The Kier molecular flexibility index (Phi) is 3.15. The molecule has 19 heavy (non-hydrogen) atoms. The molecule has 0 atom stereocenters. The van der Waals surface area contributed by atoms with E-state index in [9.17, 15) is 4.39 Å². The van der Waals surface area contributed by atoms with Crippen LogP contribution in [0.3, 0.4) is 0 Å². The van der Waals surface area contributed by atoms with Crippen molar-refractivity contribution in [1.82, 2.24) is 20.2 Å². The summed E-state index contributed by atoms with van der Waals surface area (Å²) in [6, 6.07) is 4.24. The zero-order valence-electron chi connectivity index (χ0n) is 10.6. The van der Waals surface area contributed by atoms with Crippen LogP contribution in [0.2, 0.25) is 0 Å². The van der Waals surface area contributed by atoms with Crippen LogP contribution in [-0.4, -0.2) is 20.2 Å². The topological polar surface area (TPSA) is 69.6 Å². The van der Waals surface area contributed by atoms with Gasteiger partial charge < -0.3 is 5.73 Å². The predicted molar refractivity (Wildman–Crippen MR) is 69.6 cm³/mol. The third kappa shape index (κ3) is 2.72. The Morgan fingerprint density at radius 3 is 3.00 bits per heavy atom. The van der Waals surface area contributed by atoms with E-state index in [0.717, 1.165) is 18.9 Å². The molecule has 0 spiro atoms. The van der Waals surface area contributed by atoms with E-state index in [-0.39, 0.29) is 5.82 Å². The zero-order chi connectivity index (χ0) is 13.2. The number of tetrazole rings is 1. The molecule has 0 unspecified atom stereocenters. The minimum Gasteiger partial charge on any atom is -0.398 e. The van der Waals surface area contributed by atoms with Gasteiger partial charge in [0, 0.05) is 17.8 Å². The second-order valence-corrected chi connectivity index (χ2v) is 5.04. The molecule has 0 radical (unpaired) electrons. The first-order valence-corrected chi connectivity index (χ1v) is 6.55. The van der Waals surface area contributed by atoms with Crippen molar-refractivity contribution in [3.8, 4) is 11.4 Å². The molecule has 2 aromatic rings. The number of rotatable bonds is 5. The normalized spacial score (nSPS) is 14.8. The Bertz CT molecular complexity index is 576. The van der Waals surface area contributed by atoms with Crippen LogP contribution in [0, 0.1) is 11.7 Å². The van der Waals surface area contributed by atoms with Crippen LogP contribution in [0.5, 0.6) is 0 Å². The predicted octanol–water partition coefficient (Wildman–Crippen LogP) is 2.25. The van der Waals surface area contributed by atoms with Crippen molar-refractivity contribution >= 4 is 5.69 Å². The van der Waals surface area contributed by atoms with E-state index in [4.69, 9.17) is 5.73 Å². The van der Waals surface area contributed by atoms with E-state index in [1.165, 1.54) is 37.5 Å². The fraction of sp³-hybridized carbons (Fsp3) is 0.462. The van der Waals surface area contributed by atoms with Crippen LogP contribution in [0.4, 0.5) is 10.1 Å². The van der Waals surface area contributed by atoms with Gasteiger partial charge in [-0.25, -0.2) is 9.07 Å². The van der Waals surface area contributed by atoms with Crippen molar-refractivity contribution < 1.29 is 4.39 Å². The molecule has 0 aliphatic heterocycles. The third-order valence-electron chi connectivity index (χ3n) is 3.47. The number of nitrogens with two attached hydrogens (primary N) is 1. The number of aryl methyl sites for hydroxylation is 1. The van der Waals surface area contributed by atoms with Gasteiger partial charge in [0.2, 0.25) is 0 Å². The van der Waals surface area contributed by atoms with E-state index < -0.39 is 0 Å².